The minimum atomic E-state index is 0.343. The molecule has 1 atom stereocenters. The third-order valence-corrected chi connectivity index (χ3v) is 3.08. The van der Waals surface area contributed by atoms with Gasteiger partial charge in [0.25, 0.3) is 0 Å². The van der Waals surface area contributed by atoms with Crippen molar-refractivity contribution in [3.05, 3.63) is 53.9 Å². The van der Waals surface area contributed by atoms with Crippen LogP contribution in [0, 0.1) is 0 Å². The van der Waals surface area contributed by atoms with Gasteiger partial charge in [0, 0.05) is 24.8 Å². The van der Waals surface area contributed by atoms with Gasteiger partial charge in [-0.3, -0.25) is 4.68 Å². The van der Waals surface area contributed by atoms with E-state index in [-0.39, 0.29) is 0 Å². The fraction of sp³-hybridized carbons (Fsp3) is 0.400. The summed E-state index contributed by atoms with van der Waals surface area (Å²) in [6.07, 6.45) is 2.04. The van der Waals surface area contributed by atoms with Gasteiger partial charge >= 0.3 is 0 Å². The van der Waals surface area contributed by atoms with E-state index < -0.39 is 0 Å². The van der Waals surface area contributed by atoms with Gasteiger partial charge in [0.15, 0.2) is 0 Å². The minimum absolute atomic E-state index is 0.343. The third kappa shape index (κ3) is 3.20. The normalized spacial score (nSPS) is 12.9. The van der Waals surface area contributed by atoms with Crippen LogP contribution in [0.1, 0.15) is 44.1 Å². The molecule has 1 N–H and O–H groups in total. The Hall–Kier alpha value is -1.61. The number of benzene rings is 1. The lowest BCUT2D eigenvalue weighted by molar-refractivity contribution is 0.512. The van der Waals surface area contributed by atoms with Gasteiger partial charge in [-0.15, -0.1) is 0 Å². The maximum absolute atomic E-state index is 4.53. The molecule has 1 aromatic heterocycles. The highest BCUT2D eigenvalue weighted by molar-refractivity contribution is 5.18. The number of rotatable bonds is 5. The van der Waals surface area contributed by atoms with Crippen molar-refractivity contribution in [2.45, 2.75) is 39.4 Å². The number of aromatic nitrogens is 2. The quantitative estimate of drug-likeness (QED) is 0.873. The molecule has 2 aromatic rings. The Bertz CT molecular complexity index is 473. The van der Waals surface area contributed by atoms with Crippen LogP contribution in [0.3, 0.4) is 0 Å². The Kier molecular flexibility index (Phi) is 4.15. The predicted octanol–water partition coefficient (Wildman–Crippen LogP) is 3.31. The van der Waals surface area contributed by atoms with Crippen molar-refractivity contribution in [3.8, 4) is 0 Å². The molecule has 0 saturated heterocycles. The Morgan fingerprint density at radius 2 is 1.83 bits per heavy atom. The Labute approximate surface area is 109 Å². The number of nitrogens with zero attached hydrogens (tertiary/aromatic N) is 2. The Morgan fingerprint density at radius 1 is 1.11 bits per heavy atom. The van der Waals surface area contributed by atoms with E-state index in [0.29, 0.717) is 12.1 Å². The van der Waals surface area contributed by atoms with E-state index in [1.165, 1.54) is 5.56 Å². The summed E-state index contributed by atoms with van der Waals surface area (Å²) in [5, 5.41) is 8.02. The van der Waals surface area contributed by atoms with Crippen molar-refractivity contribution in [1.82, 2.24) is 15.1 Å². The highest BCUT2D eigenvalue weighted by Gasteiger charge is 2.06. The SMILES string of the molecule is CC(C)n1ccc(CN[C@@H](C)c2ccccc2)n1. The molecule has 0 radical (unpaired) electrons. The Morgan fingerprint density at radius 3 is 2.44 bits per heavy atom. The van der Waals surface area contributed by atoms with E-state index >= 15 is 0 Å². The summed E-state index contributed by atoms with van der Waals surface area (Å²) in [7, 11) is 0. The molecular weight excluding hydrogens is 222 g/mol. The molecule has 1 aromatic carbocycles. The first-order chi connectivity index (χ1) is 8.66. The average Bonchev–Trinajstić information content (AvgIpc) is 2.86. The van der Waals surface area contributed by atoms with Gasteiger partial charge < -0.3 is 5.32 Å². The van der Waals surface area contributed by atoms with Crippen LogP contribution in [0.15, 0.2) is 42.6 Å². The van der Waals surface area contributed by atoms with Gasteiger partial charge in [0.2, 0.25) is 0 Å². The molecule has 0 bridgehead atoms. The summed E-state index contributed by atoms with van der Waals surface area (Å²) in [4.78, 5) is 0. The summed E-state index contributed by atoms with van der Waals surface area (Å²) in [6.45, 7) is 7.25. The van der Waals surface area contributed by atoms with Gasteiger partial charge in [-0.25, -0.2) is 0 Å². The maximum Gasteiger partial charge on any atom is 0.0762 e. The van der Waals surface area contributed by atoms with Crippen molar-refractivity contribution < 1.29 is 0 Å². The molecule has 0 saturated carbocycles. The van der Waals surface area contributed by atoms with E-state index in [0.717, 1.165) is 12.2 Å². The predicted molar refractivity (Wildman–Crippen MR) is 74.3 cm³/mol. The topological polar surface area (TPSA) is 29.9 Å². The van der Waals surface area contributed by atoms with Crippen LogP contribution in [-0.2, 0) is 6.54 Å². The number of hydrogen-bond acceptors (Lipinski definition) is 2. The zero-order valence-corrected chi connectivity index (χ0v) is 11.3. The van der Waals surface area contributed by atoms with Crippen molar-refractivity contribution in [2.75, 3.05) is 0 Å². The second-order valence-electron chi connectivity index (χ2n) is 4.89. The van der Waals surface area contributed by atoms with E-state index in [2.05, 4.69) is 61.5 Å². The molecule has 3 nitrogen and oxygen atoms in total. The lowest BCUT2D eigenvalue weighted by Crippen LogP contribution is -2.18. The molecule has 0 amide bonds. The monoisotopic (exact) mass is 243 g/mol. The molecule has 3 heteroatoms. The largest absolute Gasteiger partial charge is 0.304 e. The van der Waals surface area contributed by atoms with Crippen LogP contribution < -0.4 is 5.32 Å². The molecule has 0 spiro atoms. The highest BCUT2D eigenvalue weighted by Crippen LogP contribution is 2.12. The fourth-order valence-electron chi connectivity index (χ4n) is 1.88. The fourth-order valence-corrected chi connectivity index (χ4v) is 1.88. The first-order valence-electron chi connectivity index (χ1n) is 6.49. The smallest absolute Gasteiger partial charge is 0.0762 e. The highest BCUT2D eigenvalue weighted by atomic mass is 15.3. The second kappa shape index (κ2) is 5.83. The molecule has 18 heavy (non-hydrogen) atoms. The number of nitrogens with one attached hydrogen (secondary N) is 1. The van der Waals surface area contributed by atoms with Gasteiger partial charge in [0.1, 0.15) is 0 Å². The maximum atomic E-state index is 4.53. The lowest BCUT2D eigenvalue weighted by atomic mass is 10.1. The van der Waals surface area contributed by atoms with Crippen molar-refractivity contribution in [3.63, 3.8) is 0 Å². The van der Waals surface area contributed by atoms with E-state index in [1.807, 2.05) is 16.9 Å². The van der Waals surface area contributed by atoms with Crippen molar-refractivity contribution in [2.24, 2.45) is 0 Å². The van der Waals surface area contributed by atoms with Gasteiger partial charge in [-0.1, -0.05) is 30.3 Å². The first kappa shape index (κ1) is 12.8. The van der Waals surface area contributed by atoms with Crippen LogP contribution in [0.5, 0.6) is 0 Å². The number of hydrogen-bond donors (Lipinski definition) is 1. The molecule has 1 heterocycles. The van der Waals surface area contributed by atoms with Gasteiger partial charge in [-0.05, 0) is 32.4 Å². The summed E-state index contributed by atoms with van der Waals surface area (Å²) in [6, 6.07) is 13.3. The third-order valence-electron chi connectivity index (χ3n) is 3.08. The zero-order chi connectivity index (χ0) is 13.0. The molecular formula is C15H21N3. The summed E-state index contributed by atoms with van der Waals surface area (Å²) < 4.78 is 1.99. The van der Waals surface area contributed by atoms with Gasteiger partial charge in [-0.2, -0.15) is 5.10 Å². The van der Waals surface area contributed by atoms with Crippen molar-refractivity contribution >= 4 is 0 Å². The molecule has 0 aliphatic rings. The Balaban J connectivity index is 1.91. The van der Waals surface area contributed by atoms with E-state index in [1.54, 1.807) is 0 Å². The van der Waals surface area contributed by atoms with Crippen molar-refractivity contribution in [1.29, 1.82) is 0 Å². The van der Waals surface area contributed by atoms with Crippen LogP contribution >= 0.6 is 0 Å². The zero-order valence-electron chi connectivity index (χ0n) is 11.3. The van der Waals surface area contributed by atoms with Gasteiger partial charge in [0.05, 0.1) is 5.69 Å². The summed E-state index contributed by atoms with van der Waals surface area (Å²) in [5.41, 5.74) is 2.40. The summed E-state index contributed by atoms with van der Waals surface area (Å²) in [5.74, 6) is 0. The summed E-state index contributed by atoms with van der Waals surface area (Å²) >= 11 is 0. The molecule has 0 aliphatic carbocycles. The van der Waals surface area contributed by atoms with Crippen LogP contribution in [-0.4, -0.2) is 9.78 Å². The second-order valence-corrected chi connectivity index (χ2v) is 4.89. The molecule has 0 unspecified atom stereocenters. The van der Waals surface area contributed by atoms with E-state index in [4.69, 9.17) is 0 Å². The van der Waals surface area contributed by atoms with Crippen LogP contribution in [0.2, 0.25) is 0 Å². The minimum Gasteiger partial charge on any atom is -0.304 e. The van der Waals surface area contributed by atoms with Crippen LogP contribution in [0.4, 0.5) is 0 Å². The molecule has 96 valence electrons. The van der Waals surface area contributed by atoms with Crippen LogP contribution in [0.25, 0.3) is 0 Å². The molecule has 2 rings (SSSR count). The molecule has 0 aliphatic heterocycles. The first-order valence-corrected chi connectivity index (χ1v) is 6.49. The van der Waals surface area contributed by atoms with E-state index in [9.17, 15) is 0 Å². The average molecular weight is 243 g/mol. The molecule has 0 fully saturated rings. The standard InChI is InChI=1S/C15H21N3/c1-12(2)18-10-9-15(17-18)11-16-13(3)14-7-5-4-6-8-14/h4-10,12-13,16H,11H2,1-3H3/t13-/m0/s1. The lowest BCUT2D eigenvalue weighted by Gasteiger charge is -2.13.